The summed E-state index contributed by atoms with van der Waals surface area (Å²) in [7, 11) is 0. The number of rotatable bonds is 20. The van der Waals surface area contributed by atoms with Crippen molar-refractivity contribution in [2.45, 2.75) is 183 Å². The zero-order chi connectivity index (χ0) is 78.0. The lowest BCUT2D eigenvalue weighted by Gasteiger charge is -2.20. The average Bonchev–Trinajstić information content (AvgIpc) is 0.915. The van der Waals surface area contributed by atoms with E-state index in [4.69, 9.17) is 181 Å². The maximum absolute atomic E-state index is 11.4. The molecule has 0 saturated carbocycles. The first-order valence-corrected chi connectivity index (χ1v) is 37.0. The summed E-state index contributed by atoms with van der Waals surface area (Å²) in [6.07, 6.45) is 7.18. The van der Waals surface area contributed by atoms with E-state index in [1.54, 1.807) is 65.8 Å². The maximum Gasteiger partial charge on any atom is 0.519 e. The third kappa shape index (κ3) is 54.0. The number of aryl methyl sites for hydroxylation is 6. The van der Waals surface area contributed by atoms with Crippen LogP contribution in [-0.4, -0.2) is 85.5 Å². The molecule has 0 bridgehead atoms. The number of benzene rings is 6. The Labute approximate surface area is 675 Å². The van der Waals surface area contributed by atoms with Crippen molar-refractivity contribution in [3.05, 3.63) is 203 Å². The van der Waals surface area contributed by atoms with E-state index in [9.17, 15) is 24.0 Å². The van der Waals surface area contributed by atoms with E-state index in [2.05, 4.69) is 15.4 Å². The maximum atomic E-state index is 11.4. The van der Waals surface area contributed by atoms with Gasteiger partial charge in [-0.3, -0.25) is 4.79 Å². The van der Waals surface area contributed by atoms with Crippen molar-refractivity contribution in [3.8, 4) is 0 Å². The van der Waals surface area contributed by atoms with Crippen LogP contribution in [0.5, 0.6) is 0 Å². The summed E-state index contributed by atoms with van der Waals surface area (Å²) >= 11 is 69.8. The Morgan fingerprint density at radius 2 is 0.524 bits per heavy atom. The van der Waals surface area contributed by atoms with Gasteiger partial charge in [-0.2, -0.15) is 0 Å². The van der Waals surface area contributed by atoms with E-state index >= 15 is 0 Å². The number of hydrogen-bond donors (Lipinski definition) is 6. The Kier molecular flexibility index (Phi) is 52.3. The summed E-state index contributed by atoms with van der Waals surface area (Å²) in [5.74, 6) is -0.314. The predicted octanol–water partition coefficient (Wildman–Crippen LogP) is 23.3. The van der Waals surface area contributed by atoms with E-state index in [1.165, 1.54) is 16.7 Å². The van der Waals surface area contributed by atoms with E-state index in [1.807, 2.05) is 126 Å². The second-order valence-corrected chi connectivity index (χ2v) is 31.1. The number of halogens is 13. The summed E-state index contributed by atoms with van der Waals surface area (Å²) in [5.41, 5.74) is 25.6. The van der Waals surface area contributed by atoms with Crippen LogP contribution in [0.25, 0.3) is 0 Å². The van der Waals surface area contributed by atoms with Gasteiger partial charge in [0.2, 0.25) is 5.91 Å². The van der Waals surface area contributed by atoms with Crippen molar-refractivity contribution >= 4 is 182 Å². The third-order valence-electron chi connectivity index (χ3n) is 12.1. The zero-order valence-electron chi connectivity index (χ0n) is 60.2. The van der Waals surface area contributed by atoms with Gasteiger partial charge in [0.25, 0.3) is 0 Å². The second-order valence-electron chi connectivity index (χ2n) is 26.2. The van der Waals surface area contributed by atoms with E-state index in [0.717, 1.165) is 80.9 Å². The molecular formula is C74H99Cl13N6O10. The van der Waals surface area contributed by atoms with Crippen LogP contribution in [0.3, 0.4) is 0 Å². The van der Waals surface area contributed by atoms with Crippen molar-refractivity contribution in [3.63, 3.8) is 0 Å². The number of carbonyl (C=O) groups excluding carboxylic acids is 5. The van der Waals surface area contributed by atoms with Crippen molar-refractivity contribution < 1.29 is 47.7 Å². The first kappa shape index (κ1) is 101. The van der Waals surface area contributed by atoms with E-state index < -0.39 is 34.7 Å². The van der Waals surface area contributed by atoms with Crippen LogP contribution in [0.2, 0.25) is 60.3 Å². The highest BCUT2D eigenvalue weighted by Gasteiger charge is 2.25. The molecule has 0 aliphatic carbocycles. The Morgan fingerprint density at radius 1 is 0.320 bits per heavy atom. The molecule has 0 aromatic heterocycles. The highest BCUT2D eigenvalue weighted by atomic mass is 35.5. The molecule has 3 amide bonds. The molecule has 0 aliphatic rings. The van der Waals surface area contributed by atoms with Gasteiger partial charge < -0.3 is 57.3 Å². The number of ether oxygens (including phenoxy) is 5. The van der Waals surface area contributed by atoms with Crippen LogP contribution in [0, 0.1) is 0 Å². The molecule has 0 spiro atoms. The fourth-order valence-corrected chi connectivity index (χ4v) is 9.49. The highest BCUT2D eigenvalue weighted by molar-refractivity contribution is 6.44. The molecular weight excluding hydrogens is 1590 g/mol. The van der Waals surface area contributed by atoms with Crippen LogP contribution >= 0.6 is 152 Å². The van der Waals surface area contributed by atoms with Gasteiger partial charge in [0.05, 0.1) is 60.3 Å². The van der Waals surface area contributed by atoms with Gasteiger partial charge in [-0.1, -0.05) is 176 Å². The predicted molar refractivity (Wildman–Crippen MR) is 434 cm³/mol. The van der Waals surface area contributed by atoms with Crippen molar-refractivity contribution in [1.29, 1.82) is 0 Å². The number of nitrogens with two attached hydrogens (primary N) is 4. The molecule has 6 aromatic rings. The lowest BCUT2D eigenvalue weighted by Crippen LogP contribution is -2.33. The minimum Gasteiger partial charge on any atom is -0.444 e. The molecule has 6 rings (SSSR count). The highest BCUT2D eigenvalue weighted by Crippen LogP contribution is 2.28. The van der Waals surface area contributed by atoms with E-state index in [-0.39, 0.29) is 30.5 Å². The van der Waals surface area contributed by atoms with Crippen LogP contribution in [0.4, 0.5) is 19.2 Å². The van der Waals surface area contributed by atoms with Gasteiger partial charge >= 0.3 is 24.5 Å². The molecule has 103 heavy (non-hydrogen) atoms. The van der Waals surface area contributed by atoms with Gasteiger partial charge in [0.1, 0.15) is 22.4 Å². The van der Waals surface area contributed by atoms with Gasteiger partial charge in [0.15, 0.2) is 0 Å². The van der Waals surface area contributed by atoms with Gasteiger partial charge in [-0.05, 0) is 280 Å². The van der Waals surface area contributed by atoms with Gasteiger partial charge in [-0.15, -0.1) is 12.4 Å². The summed E-state index contributed by atoms with van der Waals surface area (Å²) in [4.78, 5) is 55.3. The van der Waals surface area contributed by atoms with Crippen molar-refractivity contribution in [2.75, 3.05) is 32.7 Å². The molecule has 10 N–H and O–H groups in total. The molecule has 0 atom stereocenters. The Balaban J connectivity index is 0. The molecule has 16 nitrogen and oxygen atoms in total. The minimum atomic E-state index is -1.06. The number of carbonyl (C=O) groups is 5. The molecule has 576 valence electrons. The molecule has 29 heteroatoms. The monoisotopic (exact) mass is 1690 g/mol. The van der Waals surface area contributed by atoms with E-state index in [0.29, 0.717) is 106 Å². The lowest BCUT2D eigenvalue weighted by molar-refractivity contribution is -0.118. The molecule has 0 radical (unpaired) electrons. The summed E-state index contributed by atoms with van der Waals surface area (Å²) in [5, 5.41) is 12.3. The van der Waals surface area contributed by atoms with Crippen LogP contribution in [0.15, 0.2) is 109 Å². The Bertz CT molecular complexity index is 3270. The number of hydrogen-bond acceptors (Lipinski definition) is 13. The number of alkyl carbamates (subject to hydrolysis) is 2. The molecule has 0 aliphatic heterocycles. The van der Waals surface area contributed by atoms with Crippen molar-refractivity contribution in [2.24, 2.45) is 22.9 Å². The minimum absolute atomic E-state index is 0. The van der Waals surface area contributed by atoms with Crippen LogP contribution < -0.4 is 33.6 Å². The quantitative estimate of drug-likeness (QED) is 0.0180. The van der Waals surface area contributed by atoms with Crippen LogP contribution in [-0.2, 0) is 67.0 Å². The zero-order valence-corrected chi connectivity index (χ0v) is 70.1. The fraction of sp³-hybridized carbons (Fsp3) is 0.446. The first-order chi connectivity index (χ1) is 47.3. The Morgan fingerprint density at radius 3 is 0.709 bits per heavy atom. The average molecular weight is 1690 g/mol. The van der Waals surface area contributed by atoms with Gasteiger partial charge in [0, 0.05) is 19.5 Å². The molecule has 6 aromatic carbocycles. The summed E-state index contributed by atoms with van der Waals surface area (Å²) < 4.78 is 24.1. The molecule has 0 unspecified atom stereocenters. The fourth-order valence-electron chi connectivity index (χ4n) is 7.56. The van der Waals surface area contributed by atoms with Crippen LogP contribution in [0.1, 0.15) is 155 Å². The molecule has 0 fully saturated rings. The SMILES string of the molecule is CC(C)(C)OC(=O)NCCCc1ccc(Cl)c(Cl)c1.CC(C)(C)OC(=O)NCCCc1ccc(Cl)c(Cl)c1.CC(C)(C)OC(=O)OC(=O)OC(C)(C)C.Cl.NC(=O)CCc1ccc(Cl)c(Cl)c1.NCCCc1ccc(Cl)c(Cl)c1.NCCCc1ccc(Cl)c(Cl)c1.NCCCc1ccc(Cl)c(Cl)c1. The van der Waals surface area contributed by atoms with Crippen molar-refractivity contribution in [1.82, 2.24) is 10.6 Å². The summed E-state index contributed by atoms with van der Waals surface area (Å²) in [6.45, 7) is 24.3. The number of amides is 3. The standard InChI is InChI=1S/2C14H19Cl2NO2.C10H18O5.C9H9Cl2NO.3C9H11Cl2N.ClH/c2*1-14(2,3)19-13(18)17-8-4-5-10-6-7-11(15)12(16)9-10;1-9(2,3)14-7(11)13-8(12)15-10(4,5)6;10-7-3-1-6(5-8(7)11)2-4-9(12)13;3*10-8-4-3-7(2-1-5-12)6-9(8)11;/h2*6-7,9H,4-5,8H2,1-3H3,(H,17,18);1-6H3;1,3,5H,2,4H2,(H2,12,13);3*3-4,6H,1-2,5,12H2;1H. The second kappa shape index (κ2) is 53.5. The van der Waals surface area contributed by atoms with Gasteiger partial charge in [-0.25, -0.2) is 19.2 Å². The largest absolute Gasteiger partial charge is 0.519 e. The first-order valence-electron chi connectivity index (χ1n) is 32.5. The smallest absolute Gasteiger partial charge is 0.444 e. The normalized spacial score (nSPS) is 10.7. The topological polar surface area (TPSA) is 260 Å². The third-order valence-corrected chi connectivity index (χ3v) is 16.6. The molecule has 0 heterocycles. The number of nitrogens with one attached hydrogen (secondary N) is 2. The number of primary amides is 1. The lowest BCUT2D eigenvalue weighted by atomic mass is 10.1. The summed E-state index contributed by atoms with van der Waals surface area (Å²) in [6, 6.07) is 33.4. The Hall–Kier alpha value is -4.28. The molecule has 0 saturated heterocycles.